The molecule has 1 unspecified atom stereocenters. The first-order valence-electron chi connectivity index (χ1n) is 12.8. The lowest BCUT2D eigenvalue weighted by molar-refractivity contribution is 0.183. The van der Waals surface area contributed by atoms with Crippen molar-refractivity contribution in [3.63, 3.8) is 0 Å². The van der Waals surface area contributed by atoms with Gasteiger partial charge in [0.1, 0.15) is 17.7 Å². The maximum absolute atomic E-state index is 12.0. The van der Waals surface area contributed by atoms with E-state index in [0.717, 1.165) is 23.3 Å². The van der Waals surface area contributed by atoms with Gasteiger partial charge in [0, 0.05) is 49.0 Å². The number of nitrogens with one attached hydrogen (secondary N) is 2. The van der Waals surface area contributed by atoms with Crippen molar-refractivity contribution in [3.8, 4) is 16.3 Å². The predicted molar refractivity (Wildman–Crippen MR) is 155 cm³/mol. The van der Waals surface area contributed by atoms with Crippen LogP contribution in [0.15, 0.2) is 48.7 Å². The average molecular weight is 551 g/mol. The molecule has 200 valence electrons. The zero-order valence-corrected chi connectivity index (χ0v) is 23.9. The van der Waals surface area contributed by atoms with E-state index in [4.69, 9.17) is 14.5 Å². The highest BCUT2D eigenvalue weighted by Gasteiger charge is 2.23. The third kappa shape index (κ3) is 6.14. The third-order valence-electron chi connectivity index (χ3n) is 6.67. The summed E-state index contributed by atoms with van der Waals surface area (Å²) in [7, 11) is 1.73. The Hall–Kier alpha value is -3.08. The number of anilines is 1. The Morgan fingerprint density at radius 1 is 1.18 bits per heavy atom. The monoisotopic (exact) mass is 550 g/mol. The molecule has 4 aromatic rings. The topological polar surface area (TPSA) is 104 Å². The molecule has 0 bridgehead atoms. The quantitative estimate of drug-likeness (QED) is 0.282. The van der Waals surface area contributed by atoms with E-state index in [-0.39, 0.29) is 12.1 Å². The van der Waals surface area contributed by atoms with Crippen LogP contribution >= 0.6 is 11.3 Å². The first kappa shape index (κ1) is 26.5. The van der Waals surface area contributed by atoms with Gasteiger partial charge in [-0.25, -0.2) is 19.2 Å². The van der Waals surface area contributed by atoms with Crippen molar-refractivity contribution < 1.29 is 8.95 Å². The zero-order chi connectivity index (χ0) is 26.9. The lowest BCUT2D eigenvalue weighted by atomic mass is 10.1. The maximum atomic E-state index is 12.0. The maximum Gasteiger partial charge on any atom is 0.214 e. The molecule has 38 heavy (non-hydrogen) atoms. The number of ether oxygens (including phenoxy) is 1. The molecule has 3 aromatic heterocycles. The summed E-state index contributed by atoms with van der Waals surface area (Å²) in [5.74, 6) is 2.67. The zero-order valence-electron chi connectivity index (χ0n) is 22.2. The molecule has 0 spiro atoms. The van der Waals surface area contributed by atoms with Gasteiger partial charge in [0.05, 0.1) is 17.8 Å². The Kier molecular flexibility index (Phi) is 7.65. The molecule has 5 rings (SSSR count). The van der Waals surface area contributed by atoms with E-state index < -0.39 is 9.73 Å². The fourth-order valence-corrected chi connectivity index (χ4v) is 7.29. The van der Waals surface area contributed by atoms with Gasteiger partial charge in [0.15, 0.2) is 0 Å². The summed E-state index contributed by atoms with van der Waals surface area (Å²) < 4.78 is 25.9. The minimum Gasteiger partial charge on any atom is -0.474 e. The van der Waals surface area contributed by atoms with Crippen LogP contribution in [0, 0.1) is 11.7 Å². The fourth-order valence-electron chi connectivity index (χ4n) is 4.73. The Morgan fingerprint density at radius 2 is 1.95 bits per heavy atom. The van der Waals surface area contributed by atoms with E-state index in [1.165, 1.54) is 20.9 Å². The SMILES string of the molecule is Cc1nc(NC(C)c2ccc(-c3ccccc3CN(C)C)s2)c2cc(OC3CCS(=N)(=O)CC3)ncc2n1. The summed E-state index contributed by atoms with van der Waals surface area (Å²) in [6.07, 6.45) is 2.85. The van der Waals surface area contributed by atoms with Crippen molar-refractivity contribution in [2.24, 2.45) is 0 Å². The van der Waals surface area contributed by atoms with E-state index in [2.05, 4.69) is 77.6 Å². The number of thiophene rings is 1. The summed E-state index contributed by atoms with van der Waals surface area (Å²) in [4.78, 5) is 18.4. The van der Waals surface area contributed by atoms with Crippen LogP contribution in [-0.4, -0.2) is 55.8 Å². The normalized spacial score (nSPS) is 20.5. The van der Waals surface area contributed by atoms with E-state index in [9.17, 15) is 4.21 Å². The molecule has 0 radical (unpaired) electrons. The van der Waals surface area contributed by atoms with Crippen molar-refractivity contribution in [3.05, 3.63) is 64.9 Å². The molecule has 1 aliphatic rings. The third-order valence-corrected chi connectivity index (χ3v) is 9.76. The molecule has 0 saturated carbocycles. The number of aryl methyl sites for hydroxylation is 1. The molecule has 1 atom stereocenters. The molecular formula is C28H34N6O2S2. The average Bonchev–Trinajstić information content (AvgIpc) is 3.36. The first-order valence-corrected chi connectivity index (χ1v) is 15.5. The number of benzene rings is 1. The minimum atomic E-state index is -2.45. The number of pyridine rings is 1. The highest BCUT2D eigenvalue weighted by molar-refractivity contribution is 7.92. The van der Waals surface area contributed by atoms with Crippen LogP contribution in [0.25, 0.3) is 21.3 Å². The molecule has 4 heterocycles. The van der Waals surface area contributed by atoms with E-state index in [1.807, 2.05) is 13.0 Å². The van der Waals surface area contributed by atoms with Gasteiger partial charge in [-0.1, -0.05) is 24.3 Å². The number of rotatable bonds is 8. The molecular weight excluding hydrogens is 516 g/mol. The van der Waals surface area contributed by atoms with Crippen LogP contribution in [0.1, 0.15) is 42.1 Å². The van der Waals surface area contributed by atoms with Gasteiger partial charge in [-0.15, -0.1) is 11.3 Å². The summed E-state index contributed by atoms with van der Waals surface area (Å²) in [6, 6.07) is 14.9. The van der Waals surface area contributed by atoms with E-state index in [1.54, 1.807) is 17.5 Å². The van der Waals surface area contributed by atoms with E-state index in [0.29, 0.717) is 36.1 Å². The highest BCUT2D eigenvalue weighted by Crippen LogP contribution is 2.35. The minimum absolute atomic E-state index is 0.0355. The molecule has 2 N–H and O–H groups in total. The number of nitrogens with zero attached hydrogens (tertiary/aromatic N) is 4. The Morgan fingerprint density at radius 3 is 2.71 bits per heavy atom. The summed E-state index contributed by atoms with van der Waals surface area (Å²) >= 11 is 1.79. The Bertz CT molecular complexity index is 1540. The predicted octanol–water partition coefficient (Wildman–Crippen LogP) is 5.88. The highest BCUT2D eigenvalue weighted by atomic mass is 32.2. The Balaban J connectivity index is 1.37. The van der Waals surface area contributed by atoms with Crippen LogP contribution in [0.3, 0.4) is 0 Å². The van der Waals surface area contributed by atoms with Crippen molar-refractivity contribution in [2.45, 2.75) is 45.4 Å². The lowest BCUT2D eigenvalue weighted by Gasteiger charge is -2.24. The van der Waals surface area contributed by atoms with Gasteiger partial charge in [-0.2, -0.15) is 0 Å². The number of fused-ring (bicyclic) bond motifs is 1. The van der Waals surface area contributed by atoms with Crippen LogP contribution < -0.4 is 10.1 Å². The van der Waals surface area contributed by atoms with Crippen LogP contribution in [-0.2, 0) is 16.3 Å². The molecule has 1 fully saturated rings. The largest absolute Gasteiger partial charge is 0.474 e. The Labute approximate surface area is 228 Å². The van der Waals surface area contributed by atoms with Crippen LogP contribution in [0.2, 0.25) is 0 Å². The summed E-state index contributed by atoms with van der Waals surface area (Å²) in [6.45, 7) is 4.92. The second kappa shape index (κ2) is 11.0. The molecule has 0 amide bonds. The summed E-state index contributed by atoms with van der Waals surface area (Å²) in [5.41, 5.74) is 3.33. The second-order valence-corrected chi connectivity index (χ2v) is 13.7. The lowest BCUT2D eigenvalue weighted by Crippen LogP contribution is -2.30. The summed E-state index contributed by atoms with van der Waals surface area (Å²) in [5, 5.41) is 4.45. The molecule has 10 heteroatoms. The van der Waals surface area contributed by atoms with Crippen molar-refractivity contribution in [1.29, 1.82) is 4.78 Å². The van der Waals surface area contributed by atoms with Gasteiger partial charge >= 0.3 is 0 Å². The number of hydrogen-bond acceptors (Lipinski definition) is 9. The number of aromatic nitrogens is 3. The van der Waals surface area contributed by atoms with Crippen LogP contribution in [0.5, 0.6) is 5.88 Å². The van der Waals surface area contributed by atoms with Gasteiger partial charge in [0.25, 0.3) is 0 Å². The van der Waals surface area contributed by atoms with Crippen molar-refractivity contribution >= 4 is 37.8 Å². The second-order valence-electron chi connectivity index (χ2n) is 10.2. The molecule has 0 aliphatic carbocycles. The van der Waals surface area contributed by atoms with Crippen LogP contribution in [0.4, 0.5) is 5.82 Å². The van der Waals surface area contributed by atoms with Crippen molar-refractivity contribution in [2.75, 3.05) is 30.9 Å². The van der Waals surface area contributed by atoms with Gasteiger partial charge < -0.3 is 15.0 Å². The van der Waals surface area contributed by atoms with Gasteiger partial charge in [-0.05, 0) is 64.0 Å². The number of hydrogen-bond donors (Lipinski definition) is 2. The van der Waals surface area contributed by atoms with Gasteiger partial charge in [-0.3, -0.25) is 4.78 Å². The molecule has 1 aliphatic heterocycles. The van der Waals surface area contributed by atoms with Gasteiger partial charge in [0.2, 0.25) is 5.88 Å². The smallest absolute Gasteiger partial charge is 0.214 e. The molecule has 1 aromatic carbocycles. The fraction of sp³-hybridized carbons (Fsp3) is 0.393. The standard InChI is InChI=1S/C28H34N6O2S2/c1-18(25-9-10-26(37-25)22-8-6-5-7-20(22)17-34(3)4)31-28-23-15-27(30-16-24(23)32-19(2)33-28)36-21-11-13-38(29,35)14-12-21/h5-10,15-16,18,21,29H,11-14,17H2,1-4H3,(H,31,32,33). The molecule has 1 saturated heterocycles. The molecule has 8 nitrogen and oxygen atoms in total. The van der Waals surface area contributed by atoms with E-state index >= 15 is 0 Å². The van der Waals surface area contributed by atoms with Crippen molar-refractivity contribution in [1.82, 2.24) is 19.9 Å². The first-order chi connectivity index (χ1) is 18.2.